The Morgan fingerprint density at radius 2 is 1.83 bits per heavy atom. The number of anilines is 1. The second-order valence-corrected chi connectivity index (χ2v) is 10.5. The summed E-state index contributed by atoms with van der Waals surface area (Å²) in [5.74, 6) is -0.442. The van der Waals surface area contributed by atoms with Gasteiger partial charge in [0.05, 0.1) is 17.8 Å². The Bertz CT molecular complexity index is 1540. The predicted octanol–water partition coefficient (Wildman–Crippen LogP) is 5.20. The number of carboxylic acid groups (broad SMARTS) is 1. The number of amides is 1. The van der Waals surface area contributed by atoms with Crippen LogP contribution in [0.5, 0.6) is 5.75 Å². The molecule has 210 valence electrons. The fourth-order valence-corrected chi connectivity index (χ4v) is 5.07. The number of ether oxygens (including phenoxy) is 1. The average Bonchev–Trinajstić information content (AvgIpc) is 2.97. The van der Waals surface area contributed by atoms with Crippen molar-refractivity contribution in [1.29, 1.82) is 0 Å². The van der Waals surface area contributed by atoms with Gasteiger partial charge in [-0.3, -0.25) is 9.59 Å². The number of carboxylic acids is 1. The summed E-state index contributed by atoms with van der Waals surface area (Å²) in [6.07, 6.45) is 2.82. The Kier molecular flexibility index (Phi) is 8.79. The van der Waals surface area contributed by atoms with Crippen molar-refractivity contribution >= 4 is 29.4 Å². The molecule has 0 radical (unpaired) electrons. The Morgan fingerprint density at radius 1 is 1.05 bits per heavy atom. The van der Waals surface area contributed by atoms with Gasteiger partial charge < -0.3 is 19.6 Å². The normalized spacial score (nSPS) is 12.5. The number of benzene rings is 3. The Morgan fingerprint density at radius 3 is 2.59 bits per heavy atom. The number of carbonyl (C=O) groups excluding carboxylic acids is 1. The van der Waals surface area contributed by atoms with Crippen molar-refractivity contribution in [2.75, 3.05) is 31.1 Å². The number of aromatic nitrogens is 2. The minimum absolute atomic E-state index is 0.0717. The highest BCUT2D eigenvalue weighted by atomic mass is 35.5. The molecule has 8 nitrogen and oxygen atoms in total. The van der Waals surface area contributed by atoms with E-state index in [-0.39, 0.29) is 18.7 Å². The highest BCUT2D eigenvalue weighted by molar-refractivity contribution is 6.30. The molecule has 1 N–H and O–H groups in total. The summed E-state index contributed by atoms with van der Waals surface area (Å²) in [4.78, 5) is 38.3. The lowest BCUT2D eigenvalue weighted by atomic mass is 10.0. The first kappa shape index (κ1) is 28.1. The van der Waals surface area contributed by atoms with Crippen LogP contribution >= 0.6 is 11.6 Å². The molecule has 0 atom stereocenters. The highest BCUT2D eigenvalue weighted by Gasteiger charge is 2.25. The number of hydrogen-bond acceptors (Lipinski definition) is 6. The van der Waals surface area contributed by atoms with E-state index in [4.69, 9.17) is 21.3 Å². The maximum atomic E-state index is 13.8. The first-order valence-electron chi connectivity index (χ1n) is 13.5. The maximum absolute atomic E-state index is 13.8. The van der Waals surface area contributed by atoms with Crippen molar-refractivity contribution in [3.63, 3.8) is 0 Å². The maximum Gasteiger partial charge on any atom is 0.323 e. The molecule has 0 saturated carbocycles. The summed E-state index contributed by atoms with van der Waals surface area (Å²) in [7, 11) is 0. The van der Waals surface area contributed by atoms with E-state index < -0.39 is 18.4 Å². The quantitative estimate of drug-likeness (QED) is 0.280. The minimum atomic E-state index is -1.12. The van der Waals surface area contributed by atoms with E-state index in [9.17, 15) is 14.7 Å². The van der Waals surface area contributed by atoms with Gasteiger partial charge in [0, 0.05) is 30.7 Å². The molecule has 0 saturated heterocycles. The summed E-state index contributed by atoms with van der Waals surface area (Å²) in [6, 6.07) is 23.2. The van der Waals surface area contributed by atoms with Crippen molar-refractivity contribution < 1.29 is 19.4 Å². The van der Waals surface area contributed by atoms with Crippen LogP contribution in [0.2, 0.25) is 5.02 Å². The van der Waals surface area contributed by atoms with Gasteiger partial charge in [0.2, 0.25) is 5.95 Å². The van der Waals surface area contributed by atoms with Crippen LogP contribution in [-0.4, -0.2) is 58.1 Å². The Hall–Kier alpha value is -4.43. The summed E-state index contributed by atoms with van der Waals surface area (Å²) in [5.41, 5.74) is 5.49. The molecule has 0 aliphatic carbocycles. The Labute approximate surface area is 244 Å². The zero-order valence-corrected chi connectivity index (χ0v) is 23.6. The van der Waals surface area contributed by atoms with Crippen molar-refractivity contribution in [3.05, 3.63) is 118 Å². The fraction of sp³-hybridized carbons (Fsp3) is 0.250. The van der Waals surface area contributed by atoms with Gasteiger partial charge in [-0.05, 0) is 54.3 Å². The van der Waals surface area contributed by atoms with Gasteiger partial charge in [-0.25, -0.2) is 9.97 Å². The van der Waals surface area contributed by atoms with Gasteiger partial charge in [0.1, 0.15) is 18.9 Å². The van der Waals surface area contributed by atoms with Crippen molar-refractivity contribution in [1.82, 2.24) is 14.9 Å². The van der Waals surface area contributed by atoms with Crippen molar-refractivity contribution in [3.8, 4) is 5.75 Å². The predicted molar refractivity (Wildman–Crippen MR) is 158 cm³/mol. The monoisotopic (exact) mass is 570 g/mol. The van der Waals surface area contributed by atoms with Gasteiger partial charge in [-0.2, -0.15) is 0 Å². The third kappa shape index (κ3) is 7.21. The standard InChI is InChI=1S/C32H31ClN4O4/c1-22-5-4-6-23(17-22)18-29-28(19-34-32(35-29)37-14-13-24-7-2-3-8-25(24)20-37)31(40)36(21-30(38)39)15-16-41-27-11-9-26(33)10-12-27/h2-12,17,19H,13-16,18,20-21H2,1H3,(H,38,39). The van der Waals surface area contributed by atoms with E-state index in [2.05, 4.69) is 34.1 Å². The summed E-state index contributed by atoms with van der Waals surface area (Å²) < 4.78 is 5.74. The Balaban J connectivity index is 1.41. The van der Waals surface area contributed by atoms with Crippen LogP contribution in [0, 0.1) is 6.92 Å². The number of nitrogens with zero attached hydrogens (tertiary/aromatic N) is 4. The highest BCUT2D eigenvalue weighted by Crippen LogP contribution is 2.24. The number of hydrogen-bond donors (Lipinski definition) is 1. The van der Waals surface area contributed by atoms with E-state index >= 15 is 0 Å². The van der Waals surface area contributed by atoms with Crippen LogP contribution in [0.4, 0.5) is 5.95 Å². The molecular formula is C32H31ClN4O4. The smallest absolute Gasteiger partial charge is 0.323 e. The average molecular weight is 571 g/mol. The molecule has 0 fully saturated rings. The summed E-state index contributed by atoms with van der Waals surface area (Å²) >= 11 is 5.94. The molecular weight excluding hydrogens is 540 g/mol. The lowest BCUT2D eigenvalue weighted by molar-refractivity contribution is -0.137. The number of halogens is 1. The number of aryl methyl sites for hydroxylation is 1. The van der Waals surface area contributed by atoms with Crippen LogP contribution in [0.3, 0.4) is 0 Å². The molecule has 1 aliphatic heterocycles. The third-order valence-corrected chi connectivity index (χ3v) is 7.26. The second kappa shape index (κ2) is 12.8. The van der Waals surface area contributed by atoms with Crippen molar-refractivity contribution in [2.24, 2.45) is 0 Å². The van der Waals surface area contributed by atoms with Crippen LogP contribution in [0.15, 0.2) is 79.0 Å². The van der Waals surface area contributed by atoms with Gasteiger partial charge >= 0.3 is 5.97 Å². The summed E-state index contributed by atoms with van der Waals surface area (Å²) in [6.45, 7) is 3.17. The molecule has 0 spiro atoms. The van der Waals surface area contributed by atoms with Gasteiger partial charge in [-0.15, -0.1) is 0 Å². The van der Waals surface area contributed by atoms with Crippen molar-refractivity contribution in [2.45, 2.75) is 26.3 Å². The van der Waals surface area contributed by atoms with E-state index in [0.29, 0.717) is 35.4 Å². The van der Waals surface area contributed by atoms with Gasteiger partial charge in [-0.1, -0.05) is 65.7 Å². The molecule has 41 heavy (non-hydrogen) atoms. The molecule has 4 aromatic rings. The topological polar surface area (TPSA) is 95.9 Å². The van der Waals surface area contributed by atoms with Crippen LogP contribution in [0.25, 0.3) is 0 Å². The first-order valence-corrected chi connectivity index (χ1v) is 13.9. The molecule has 9 heteroatoms. The van der Waals surface area contributed by atoms with Gasteiger partial charge in [0.25, 0.3) is 5.91 Å². The van der Waals surface area contributed by atoms with Gasteiger partial charge in [0.15, 0.2) is 0 Å². The summed E-state index contributed by atoms with van der Waals surface area (Å²) in [5, 5.41) is 10.2. The molecule has 2 heterocycles. The zero-order valence-electron chi connectivity index (χ0n) is 22.8. The number of fused-ring (bicyclic) bond motifs is 1. The molecule has 1 aromatic heterocycles. The minimum Gasteiger partial charge on any atom is -0.492 e. The van der Waals surface area contributed by atoms with E-state index in [0.717, 1.165) is 24.1 Å². The molecule has 1 amide bonds. The molecule has 1 aliphatic rings. The molecule has 0 unspecified atom stereocenters. The lowest BCUT2D eigenvalue weighted by Gasteiger charge is -2.29. The van der Waals surface area contributed by atoms with E-state index in [1.807, 2.05) is 31.2 Å². The lowest BCUT2D eigenvalue weighted by Crippen LogP contribution is -2.39. The number of aliphatic carboxylic acids is 1. The number of rotatable bonds is 10. The third-order valence-electron chi connectivity index (χ3n) is 7.01. The fourth-order valence-electron chi connectivity index (χ4n) is 4.94. The van der Waals surface area contributed by atoms with Crippen LogP contribution in [0.1, 0.15) is 38.3 Å². The van der Waals surface area contributed by atoms with Crippen LogP contribution in [-0.2, 0) is 24.2 Å². The zero-order chi connectivity index (χ0) is 28.8. The molecule has 5 rings (SSSR count). The molecule has 0 bridgehead atoms. The van der Waals surface area contributed by atoms with E-state index in [1.54, 1.807) is 24.3 Å². The number of carbonyl (C=O) groups is 2. The van der Waals surface area contributed by atoms with Crippen LogP contribution < -0.4 is 9.64 Å². The van der Waals surface area contributed by atoms with E-state index in [1.165, 1.54) is 22.2 Å². The SMILES string of the molecule is Cc1cccc(Cc2nc(N3CCc4ccccc4C3)ncc2C(=O)N(CCOc2ccc(Cl)cc2)CC(=O)O)c1. The largest absolute Gasteiger partial charge is 0.492 e. The first-order chi connectivity index (χ1) is 19.9. The second-order valence-electron chi connectivity index (χ2n) is 10.1. The molecule has 3 aromatic carbocycles.